The van der Waals surface area contributed by atoms with Crippen LogP contribution in [-0.4, -0.2) is 32.5 Å². The topological polar surface area (TPSA) is 38.8 Å². The van der Waals surface area contributed by atoms with Crippen LogP contribution in [0.5, 0.6) is 0 Å². The first kappa shape index (κ1) is 25.9. The number of hydrogen-bond acceptors (Lipinski definition) is 3. The Labute approximate surface area is 206 Å². The summed E-state index contributed by atoms with van der Waals surface area (Å²) in [6, 6.07) is 14.2. The molecule has 0 radical (unpaired) electrons. The van der Waals surface area contributed by atoms with Crippen LogP contribution in [-0.2, 0) is 14.8 Å². The Morgan fingerprint density at radius 1 is 1.15 bits per heavy atom. The molecule has 33 heavy (non-hydrogen) atoms. The molecule has 0 aliphatic carbocycles. The van der Waals surface area contributed by atoms with Crippen molar-refractivity contribution in [2.45, 2.75) is 70.3 Å². The molecule has 1 saturated heterocycles. The first-order chi connectivity index (χ1) is 15.3. The van der Waals surface area contributed by atoms with E-state index in [4.69, 9.17) is 9.16 Å². The van der Waals surface area contributed by atoms with Crippen LogP contribution in [0.4, 0.5) is 9.18 Å². The summed E-state index contributed by atoms with van der Waals surface area (Å²) >= 11 is 3.46. The number of cyclic esters (lactones) is 1. The van der Waals surface area contributed by atoms with Gasteiger partial charge in [-0.2, -0.15) is 0 Å². The van der Waals surface area contributed by atoms with Crippen molar-refractivity contribution >= 4 is 30.3 Å². The quantitative estimate of drug-likeness (QED) is 0.339. The molecule has 1 heterocycles. The molecular weight excluding hydrogens is 501 g/mol. The highest BCUT2D eigenvalue weighted by Gasteiger charge is 2.44. The number of carbonyl (C=O) groups is 1. The molecule has 0 unspecified atom stereocenters. The van der Waals surface area contributed by atoms with Crippen LogP contribution >= 0.6 is 15.9 Å². The third-order valence-corrected chi connectivity index (χ3v) is 12.3. The predicted molar refractivity (Wildman–Crippen MR) is 136 cm³/mol. The molecule has 4 nitrogen and oxygen atoms in total. The Balaban J connectivity index is 1.80. The second-order valence-electron chi connectivity index (χ2n) is 10.4. The Hall–Kier alpha value is -1.70. The fourth-order valence-corrected chi connectivity index (χ4v) is 5.22. The SMILES string of the molecule is C[C@@H](c1ccc(Br)cc1)N1CC[C@](CCO[Si](C)(C)C(C)(C)C)(c2ccc(F)cc2)OC1=O. The molecule has 7 heteroatoms. The summed E-state index contributed by atoms with van der Waals surface area (Å²) in [5, 5.41) is 0.0934. The van der Waals surface area contributed by atoms with E-state index in [0.29, 0.717) is 26.0 Å². The zero-order valence-corrected chi connectivity index (χ0v) is 23.0. The van der Waals surface area contributed by atoms with Gasteiger partial charge in [-0.3, -0.25) is 0 Å². The van der Waals surface area contributed by atoms with Gasteiger partial charge in [-0.25, -0.2) is 9.18 Å². The smallest absolute Gasteiger partial charge is 0.411 e. The number of amides is 1. The molecule has 2 aromatic carbocycles. The van der Waals surface area contributed by atoms with Crippen molar-refractivity contribution in [3.05, 3.63) is 69.9 Å². The van der Waals surface area contributed by atoms with Crippen molar-refractivity contribution in [1.29, 1.82) is 0 Å². The molecule has 1 aliphatic rings. The standard InChI is InChI=1S/C26H35BrFNO3Si/c1-19(20-7-11-22(27)12-8-20)29-17-15-26(32-24(29)30,21-9-13-23(28)14-10-21)16-18-31-33(5,6)25(2,3)4/h7-14,19H,15-18H2,1-6H3/t19-,26-/m0/s1. The normalized spacial score (nSPS) is 20.5. The monoisotopic (exact) mass is 535 g/mol. The molecule has 1 amide bonds. The van der Waals surface area contributed by atoms with Crippen LogP contribution in [0.1, 0.15) is 57.7 Å². The number of rotatable bonds is 7. The molecule has 0 N–H and O–H groups in total. The van der Waals surface area contributed by atoms with E-state index in [2.05, 4.69) is 49.8 Å². The average molecular weight is 537 g/mol. The zero-order valence-electron chi connectivity index (χ0n) is 20.5. The number of benzene rings is 2. The lowest BCUT2D eigenvalue weighted by Crippen LogP contribution is -2.50. The van der Waals surface area contributed by atoms with Crippen LogP contribution in [0.3, 0.4) is 0 Å². The van der Waals surface area contributed by atoms with Gasteiger partial charge in [-0.05, 0) is 60.4 Å². The van der Waals surface area contributed by atoms with E-state index in [0.717, 1.165) is 15.6 Å². The zero-order chi connectivity index (χ0) is 24.4. The fraction of sp³-hybridized carbons (Fsp3) is 0.500. The van der Waals surface area contributed by atoms with Crippen molar-refractivity contribution in [1.82, 2.24) is 4.90 Å². The van der Waals surface area contributed by atoms with E-state index in [1.54, 1.807) is 17.0 Å². The minimum atomic E-state index is -1.94. The summed E-state index contributed by atoms with van der Waals surface area (Å²) in [6.07, 6.45) is 0.803. The van der Waals surface area contributed by atoms with Gasteiger partial charge in [-0.15, -0.1) is 0 Å². The molecule has 2 aromatic rings. The van der Waals surface area contributed by atoms with E-state index in [-0.39, 0.29) is 23.0 Å². The lowest BCUT2D eigenvalue weighted by molar-refractivity contribution is -0.0711. The number of halogens is 2. The number of hydrogen-bond donors (Lipinski definition) is 0. The van der Waals surface area contributed by atoms with Gasteiger partial charge in [0.25, 0.3) is 0 Å². The lowest BCUT2D eigenvalue weighted by Gasteiger charge is -2.44. The summed E-state index contributed by atoms with van der Waals surface area (Å²) in [4.78, 5) is 15.0. The van der Waals surface area contributed by atoms with Gasteiger partial charge in [0.05, 0.1) is 6.04 Å². The molecule has 0 saturated carbocycles. The van der Waals surface area contributed by atoms with E-state index >= 15 is 0 Å². The summed E-state index contributed by atoms with van der Waals surface area (Å²) in [7, 11) is -1.94. The van der Waals surface area contributed by atoms with E-state index in [9.17, 15) is 9.18 Å². The van der Waals surface area contributed by atoms with Crippen molar-refractivity contribution < 1.29 is 18.3 Å². The van der Waals surface area contributed by atoms with Gasteiger partial charge in [0.2, 0.25) is 0 Å². The first-order valence-electron chi connectivity index (χ1n) is 11.5. The summed E-state index contributed by atoms with van der Waals surface area (Å²) in [5.41, 5.74) is 1.03. The van der Waals surface area contributed by atoms with Gasteiger partial charge in [0.1, 0.15) is 11.4 Å². The minimum absolute atomic E-state index is 0.0934. The highest BCUT2D eigenvalue weighted by atomic mass is 79.9. The minimum Gasteiger partial charge on any atom is -0.438 e. The molecule has 180 valence electrons. The predicted octanol–water partition coefficient (Wildman–Crippen LogP) is 7.80. The first-order valence-corrected chi connectivity index (χ1v) is 15.2. The van der Waals surface area contributed by atoms with Gasteiger partial charge in [-0.1, -0.05) is 61.0 Å². The largest absolute Gasteiger partial charge is 0.438 e. The lowest BCUT2D eigenvalue weighted by atomic mass is 9.85. The Morgan fingerprint density at radius 2 is 1.76 bits per heavy atom. The third-order valence-electron chi connectivity index (χ3n) is 7.24. The third kappa shape index (κ3) is 5.87. The maximum atomic E-state index is 13.6. The van der Waals surface area contributed by atoms with Crippen LogP contribution in [0.2, 0.25) is 18.1 Å². The Kier molecular flexibility index (Phi) is 7.76. The maximum absolute atomic E-state index is 13.6. The molecular formula is C26H35BrFNO3Si. The second kappa shape index (κ2) is 9.88. The van der Waals surface area contributed by atoms with Gasteiger partial charge >= 0.3 is 6.09 Å². The number of carbonyl (C=O) groups excluding carboxylic acids is 1. The average Bonchev–Trinajstić information content (AvgIpc) is 2.73. The highest BCUT2D eigenvalue weighted by molar-refractivity contribution is 9.10. The molecule has 0 aromatic heterocycles. The Morgan fingerprint density at radius 3 is 2.30 bits per heavy atom. The second-order valence-corrected chi connectivity index (χ2v) is 16.1. The van der Waals surface area contributed by atoms with Crippen molar-refractivity contribution in [2.75, 3.05) is 13.2 Å². The highest BCUT2D eigenvalue weighted by Crippen LogP contribution is 2.41. The van der Waals surface area contributed by atoms with Crippen molar-refractivity contribution in [3.8, 4) is 0 Å². The van der Waals surface area contributed by atoms with Gasteiger partial charge < -0.3 is 14.1 Å². The maximum Gasteiger partial charge on any atom is 0.411 e. The van der Waals surface area contributed by atoms with Crippen LogP contribution < -0.4 is 0 Å². The van der Waals surface area contributed by atoms with Crippen molar-refractivity contribution in [3.63, 3.8) is 0 Å². The Bertz CT molecular complexity index is 959. The molecule has 2 atom stereocenters. The fourth-order valence-electron chi connectivity index (χ4n) is 3.91. The molecule has 1 aliphatic heterocycles. The van der Waals surface area contributed by atoms with Crippen molar-refractivity contribution in [2.24, 2.45) is 0 Å². The summed E-state index contributed by atoms with van der Waals surface area (Å²) < 4.78 is 27.2. The number of nitrogens with zero attached hydrogens (tertiary/aromatic N) is 1. The molecule has 3 rings (SSSR count). The van der Waals surface area contributed by atoms with Crippen LogP contribution in [0.15, 0.2) is 53.0 Å². The van der Waals surface area contributed by atoms with E-state index in [1.165, 1.54) is 12.1 Å². The van der Waals surface area contributed by atoms with E-state index < -0.39 is 13.9 Å². The summed E-state index contributed by atoms with van der Waals surface area (Å²) in [5.74, 6) is -0.306. The van der Waals surface area contributed by atoms with Crippen LogP contribution in [0, 0.1) is 5.82 Å². The number of ether oxygens (including phenoxy) is 1. The molecule has 1 fully saturated rings. The molecule has 0 bridgehead atoms. The van der Waals surface area contributed by atoms with Gasteiger partial charge in [0, 0.05) is 30.5 Å². The van der Waals surface area contributed by atoms with Gasteiger partial charge in [0.15, 0.2) is 8.32 Å². The summed E-state index contributed by atoms with van der Waals surface area (Å²) in [6.45, 7) is 14.1. The molecule has 0 spiro atoms. The van der Waals surface area contributed by atoms with E-state index in [1.807, 2.05) is 31.2 Å². The van der Waals surface area contributed by atoms with Crippen LogP contribution in [0.25, 0.3) is 0 Å².